The van der Waals surface area contributed by atoms with E-state index in [1.807, 2.05) is 24.3 Å². The van der Waals surface area contributed by atoms with Crippen molar-refractivity contribution in [1.82, 2.24) is 10.6 Å². The summed E-state index contributed by atoms with van der Waals surface area (Å²) in [5.41, 5.74) is 0.743. The Morgan fingerprint density at radius 1 is 1.42 bits per heavy atom. The minimum absolute atomic E-state index is 0. The van der Waals surface area contributed by atoms with E-state index in [9.17, 15) is 9.59 Å². The molecule has 0 saturated carbocycles. The first-order valence-electron chi connectivity index (χ1n) is 8.18. The fourth-order valence-electron chi connectivity index (χ4n) is 3.18. The second kappa shape index (κ2) is 8.35. The first kappa shape index (κ1) is 18.5. The van der Waals surface area contributed by atoms with E-state index in [0.717, 1.165) is 25.1 Å². The Kier molecular flexibility index (Phi) is 6.45. The van der Waals surface area contributed by atoms with E-state index in [2.05, 4.69) is 17.6 Å². The zero-order valence-electron chi connectivity index (χ0n) is 13.8. The smallest absolute Gasteiger partial charge is 0.265 e. The van der Waals surface area contributed by atoms with E-state index >= 15 is 0 Å². The molecule has 3 rings (SSSR count). The van der Waals surface area contributed by atoms with Gasteiger partial charge >= 0.3 is 0 Å². The Hall–Kier alpha value is -1.79. The maximum Gasteiger partial charge on any atom is 0.265 e. The van der Waals surface area contributed by atoms with E-state index in [-0.39, 0.29) is 36.9 Å². The first-order chi connectivity index (χ1) is 11.1. The molecule has 2 amide bonds. The zero-order chi connectivity index (χ0) is 16.2. The van der Waals surface area contributed by atoms with E-state index in [1.54, 1.807) is 4.90 Å². The largest absolute Gasteiger partial charge is 0.482 e. The number of benzene rings is 1. The topological polar surface area (TPSA) is 70.7 Å². The number of nitrogens with zero attached hydrogens (tertiary/aromatic N) is 1. The molecular weight excluding hydrogens is 330 g/mol. The van der Waals surface area contributed by atoms with Crippen molar-refractivity contribution < 1.29 is 14.3 Å². The molecule has 7 heteroatoms. The van der Waals surface area contributed by atoms with Crippen LogP contribution in [0.1, 0.15) is 26.2 Å². The molecule has 1 fully saturated rings. The molecule has 0 bridgehead atoms. The molecule has 2 aliphatic heterocycles. The highest BCUT2D eigenvalue weighted by atomic mass is 35.5. The fraction of sp³-hybridized carbons (Fsp3) is 0.529. The third-order valence-electron chi connectivity index (χ3n) is 4.36. The highest BCUT2D eigenvalue weighted by Crippen LogP contribution is 2.31. The van der Waals surface area contributed by atoms with Crippen molar-refractivity contribution in [3.8, 4) is 5.75 Å². The van der Waals surface area contributed by atoms with Crippen LogP contribution in [0.2, 0.25) is 0 Å². The lowest BCUT2D eigenvalue weighted by atomic mass is 10.0. The van der Waals surface area contributed by atoms with E-state index < -0.39 is 0 Å². The average Bonchev–Trinajstić information content (AvgIpc) is 2.54. The summed E-state index contributed by atoms with van der Waals surface area (Å²) in [7, 11) is 0. The normalized spacial score (nSPS) is 22.9. The molecule has 6 nitrogen and oxygen atoms in total. The summed E-state index contributed by atoms with van der Waals surface area (Å²) in [6.45, 7) is 3.47. The van der Waals surface area contributed by atoms with Gasteiger partial charge in [-0.15, -0.1) is 12.4 Å². The monoisotopic (exact) mass is 353 g/mol. The summed E-state index contributed by atoms with van der Waals surface area (Å²) in [6.07, 6.45) is 2.21. The molecule has 2 N–H and O–H groups in total. The highest BCUT2D eigenvalue weighted by molar-refractivity contribution is 5.98. The maximum absolute atomic E-state index is 12.2. The van der Waals surface area contributed by atoms with Gasteiger partial charge in [0.2, 0.25) is 5.91 Å². The van der Waals surface area contributed by atoms with Crippen LogP contribution in [0, 0.1) is 0 Å². The number of carbonyl (C=O) groups is 2. The summed E-state index contributed by atoms with van der Waals surface area (Å²) in [4.78, 5) is 25.9. The van der Waals surface area contributed by atoms with Gasteiger partial charge in [0.25, 0.3) is 5.91 Å². The van der Waals surface area contributed by atoms with Gasteiger partial charge < -0.3 is 20.3 Å². The second-order valence-electron chi connectivity index (χ2n) is 6.20. The number of hydrogen-bond donors (Lipinski definition) is 2. The molecule has 2 atom stereocenters. The van der Waals surface area contributed by atoms with Gasteiger partial charge in [0, 0.05) is 25.0 Å². The maximum atomic E-state index is 12.2. The molecule has 0 spiro atoms. The number of piperidine rings is 1. The summed E-state index contributed by atoms with van der Waals surface area (Å²) in [5.74, 6) is 0.590. The van der Waals surface area contributed by atoms with Gasteiger partial charge in [-0.05, 0) is 38.4 Å². The van der Waals surface area contributed by atoms with Crippen molar-refractivity contribution in [3.05, 3.63) is 24.3 Å². The quantitative estimate of drug-likeness (QED) is 0.860. The Labute approximate surface area is 148 Å². The molecule has 0 aromatic heterocycles. The minimum Gasteiger partial charge on any atom is -0.482 e. The Morgan fingerprint density at radius 3 is 3.00 bits per heavy atom. The van der Waals surface area contributed by atoms with E-state index in [1.165, 1.54) is 0 Å². The third-order valence-corrected chi connectivity index (χ3v) is 4.36. The van der Waals surface area contributed by atoms with Gasteiger partial charge in [-0.1, -0.05) is 12.1 Å². The van der Waals surface area contributed by atoms with Gasteiger partial charge in [0.05, 0.1) is 5.69 Å². The lowest BCUT2D eigenvalue weighted by molar-refractivity contribution is -0.122. The van der Waals surface area contributed by atoms with Crippen molar-refractivity contribution in [2.45, 2.75) is 38.3 Å². The number of carbonyl (C=O) groups excluding carboxylic acids is 2. The van der Waals surface area contributed by atoms with Crippen LogP contribution in [0.4, 0.5) is 5.69 Å². The van der Waals surface area contributed by atoms with E-state index in [0.29, 0.717) is 24.8 Å². The zero-order valence-corrected chi connectivity index (χ0v) is 14.6. The van der Waals surface area contributed by atoms with Crippen LogP contribution in [-0.4, -0.2) is 43.6 Å². The number of halogens is 1. The summed E-state index contributed by atoms with van der Waals surface area (Å²) in [6, 6.07) is 8.08. The second-order valence-corrected chi connectivity index (χ2v) is 6.20. The van der Waals surface area contributed by atoms with Gasteiger partial charge in [-0.2, -0.15) is 0 Å². The molecule has 2 aliphatic rings. The molecule has 0 radical (unpaired) electrons. The molecule has 2 heterocycles. The Balaban J connectivity index is 0.00000208. The Morgan fingerprint density at radius 2 is 2.21 bits per heavy atom. The third kappa shape index (κ3) is 4.39. The molecule has 1 aromatic carbocycles. The summed E-state index contributed by atoms with van der Waals surface area (Å²) < 4.78 is 5.41. The molecule has 1 saturated heterocycles. The van der Waals surface area contributed by atoms with Crippen molar-refractivity contribution >= 4 is 29.9 Å². The predicted octanol–water partition coefficient (Wildman–Crippen LogP) is 1.48. The molecule has 132 valence electrons. The van der Waals surface area contributed by atoms with Crippen molar-refractivity contribution in [1.29, 1.82) is 0 Å². The number of fused-ring (bicyclic) bond motifs is 1. The van der Waals surface area contributed by atoms with Gasteiger partial charge in [-0.25, -0.2) is 0 Å². The van der Waals surface area contributed by atoms with Crippen LogP contribution in [0.3, 0.4) is 0 Å². The predicted molar refractivity (Wildman–Crippen MR) is 94.8 cm³/mol. The lowest BCUT2D eigenvalue weighted by Gasteiger charge is -2.30. The minimum atomic E-state index is -0.105. The standard InChI is InChI=1S/C17H23N3O3.ClH/c1-12-10-13(6-8-18-12)19-16(21)7-9-20-14-4-2-3-5-15(14)23-11-17(20)22;/h2-5,12-13,18H,6-11H2,1H3,(H,19,21);1H. The van der Waals surface area contributed by atoms with E-state index in [4.69, 9.17) is 4.74 Å². The number of rotatable bonds is 4. The van der Waals surface area contributed by atoms with Crippen LogP contribution in [-0.2, 0) is 9.59 Å². The van der Waals surface area contributed by atoms with Crippen molar-refractivity contribution in [2.75, 3.05) is 24.6 Å². The van der Waals surface area contributed by atoms with Crippen molar-refractivity contribution in [2.24, 2.45) is 0 Å². The molecule has 2 unspecified atom stereocenters. The number of para-hydroxylation sites is 2. The number of amides is 2. The Bertz CT molecular complexity index is 596. The molecule has 24 heavy (non-hydrogen) atoms. The summed E-state index contributed by atoms with van der Waals surface area (Å²) >= 11 is 0. The van der Waals surface area contributed by atoms with Crippen LogP contribution < -0.4 is 20.3 Å². The molecule has 1 aromatic rings. The van der Waals surface area contributed by atoms with Crippen LogP contribution in [0.5, 0.6) is 5.75 Å². The van der Waals surface area contributed by atoms with Crippen LogP contribution >= 0.6 is 12.4 Å². The fourth-order valence-corrected chi connectivity index (χ4v) is 3.18. The first-order valence-corrected chi connectivity index (χ1v) is 8.18. The number of ether oxygens (including phenoxy) is 1. The summed E-state index contributed by atoms with van der Waals surface area (Å²) in [5, 5.41) is 6.45. The number of nitrogens with one attached hydrogen (secondary N) is 2. The van der Waals surface area contributed by atoms with Gasteiger partial charge in [0.15, 0.2) is 6.61 Å². The average molecular weight is 354 g/mol. The molecule has 0 aliphatic carbocycles. The number of hydrogen-bond acceptors (Lipinski definition) is 4. The number of anilines is 1. The van der Waals surface area contributed by atoms with Crippen molar-refractivity contribution in [3.63, 3.8) is 0 Å². The van der Waals surface area contributed by atoms with Gasteiger partial charge in [-0.3, -0.25) is 9.59 Å². The molecular formula is C17H24ClN3O3. The SMILES string of the molecule is CC1CC(NC(=O)CCN2C(=O)COc3ccccc32)CCN1.Cl. The van der Waals surface area contributed by atoms with Gasteiger partial charge in [0.1, 0.15) is 5.75 Å². The highest BCUT2D eigenvalue weighted by Gasteiger charge is 2.26. The van der Waals surface area contributed by atoms with Crippen LogP contribution in [0.25, 0.3) is 0 Å². The van der Waals surface area contributed by atoms with Crippen LogP contribution in [0.15, 0.2) is 24.3 Å². The lowest BCUT2D eigenvalue weighted by Crippen LogP contribution is -2.47.